The number of nitrogens with one attached hydrogen (secondary N) is 2. The largest absolute Gasteiger partial charge is 0.326 e. The molecule has 1 amide bonds. The van der Waals surface area contributed by atoms with Crippen molar-refractivity contribution in [1.82, 2.24) is 0 Å². The highest BCUT2D eigenvalue weighted by atomic mass is 19.1. The zero-order valence-electron chi connectivity index (χ0n) is 14.2. The Morgan fingerprint density at radius 3 is 2.21 bits per heavy atom. The molecule has 0 heterocycles. The molecule has 0 radical (unpaired) electrons. The van der Waals surface area contributed by atoms with Crippen LogP contribution < -0.4 is 10.2 Å². The lowest BCUT2D eigenvalue weighted by Gasteiger charge is -2.15. The van der Waals surface area contributed by atoms with E-state index < -0.39 is 23.2 Å². The minimum atomic E-state index is -0.773. The summed E-state index contributed by atoms with van der Waals surface area (Å²) in [5.41, 5.74) is 1.99. The van der Waals surface area contributed by atoms with Gasteiger partial charge in [0.15, 0.2) is 6.54 Å². The van der Waals surface area contributed by atoms with Gasteiger partial charge in [-0.3, -0.25) is 4.79 Å². The number of carbonyl (C=O) groups is 1. The number of quaternary nitrogens is 1. The van der Waals surface area contributed by atoms with Gasteiger partial charge in [0.2, 0.25) is 0 Å². The zero-order valence-corrected chi connectivity index (χ0v) is 14.2. The predicted octanol–water partition coefficient (Wildman–Crippen LogP) is 2.74. The third-order valence-corrected chi connectivity index (χ3v) is 3.84. The van der Waals surface area contributed by atoms with Gasteiger partial charge in [0, 0.05) is 5.56 Å². The molecule has 24 heavy (non-hydrogen) atoms. The van der Waals surface area contributed by atoms with Crippen LogP contribution in [0.4, 0.5) is 14.5 Å². The van der Waals surface area contributed by atoms with E-state index in [0.29, 0.717) is 12.5 Å². The Morgan fingerprint density at radius 1 is 1.08 bits per heavy atom. The first-order chi connectivity index (χ1) is 11.4. The summed E-state index contributed by atoms with van der Waals surface area (Å²) >= 11 is 0. The molecule has 0 aliphatic rings. The van der Waals surface area contributed by atoms with Crippen molar-refractivity contribution in [2.45, 2.75) is 26.3 Å². The molecular weight excluding hydrogens is 310 g/mol. The first-order valence-corrected chi connectivity index (χ1v) is 8.01. The summed E-state index contributed by atoms with van der Waals surface area (Å²) in [6, 6.07) is 11.8. The van der Waals surface area contributed by atoms with Gasteiger partial charge >= 0.3 is 0 Å². The molecule has 1 atom stereocenters. The van der Waals surface area contributed by atoms with Crippen LogP contribution in [0.25, 0.3) is 0 Å². The van der Waals surface area contributed by atoms with Crippen LogP contribution in [0.15, 0.2) is 42.5 Å². The van der Waals surface area contributed by atoms with E-state index in [0.717, 1.165) is 22.6 Å². The Hall–Kier alpha value is -2.27. The van der Waals surface area contributed by atoms with E-state index in [9.17, 15) is 13.6 Å². The molecule has 0 bridgehead atoms. The second-order valence-electron chi connectivity index (χ2n) is 6.35. The molecule has 0 fully saturated rings. The molecule has 2 rings (SSSR count). The normalized spacial score (nSPS) is 12.2. The number of likely N-dealkylation sites (N-methyl/N-ethyl adjacent to an activating group) is 1. The number of anilines is 1. The molecule has 3 nitrogen and oxygen atoms in total. The lowest BCUT2D eigenvalue weighted by molar-refractivity contribution is -0.885. The number of benzene rings is 2. The van der Waals surface area contributed by atoms with Crippen molar-refractivity contribution in [2.24, 2.45) is 0 Å². The quantitative estimate of drug-likeness (QED) is 0.837. The van der Waals surface area contributed by atoms with Gasteiger partial charge in [0.05, 0.1) is 7.05 Å². The average molecular weight is 333 g/mol. The highest BCUT2D eigenvalue weighted by molar-refractivity contribution is 5.91. The minimum absolute atomic E-state index is 0.125. The minimum Gasteiger partial charge on any atom is -0.326 e. The van der Waals surface area contributed by atoms with Crippen LogP contribution in [0.1, 0.15) is 30.9 Å². The summed E-state index contributed by atoms with van der Waals surface area (Å²) in [4.78, 5) is 12.9. The molecule has 1 unspecified atom stereocenters. The van der Waals surface area contributed by atoms with Gasteiger partial charge in [-0.25, -0.2) is 8.78 Å². The fourth-order valence-corrected chi connectivity index (χ4v) is 2.51. The molecule has 2 aromatic rings. The number of rotatable bonds is 6. The van der Waals surface area contributed by atoms with Crippen molar-refractivity contribution in [1.29, 1.82) is 0 Å². The molecule has 2 N–H and O–H groups in total. The van der Waals surface area contributed by atoms with Crippen molar-refractivity contribution < 1.29 is 18.5 Å². The summed E-state index contributed by atoms with van der Waals surface area (Å²) < 4.78 is 27.1. The first kappa shape index (κ1) is 18.1. The molecule has 0 saturated heterocycles. The first-order valence-electron chi connectivity index (χ1n) is 8.01. The van der Waals surface area contributed by atoms with E-state index in [4.69, 9.17) is 0 Å². The van der Waals surface area contributed by atoms with Crippen LogP contribution in [0, 0.1) is 11.6 Å². The van der Waals surface area contributed by atoms with Gasteiger partial charge in [-0.05, 0) is 23.6 Å². The molecule has 0 spiro atoms. The number of para-hydroxylation sites is 1. The van der Waals surface area contributed by atoms with Gasteiger partial charge in [0.1, 0.15) is 23.9 Å². The predicted molar refractivity (Wildman–Crippen MR) is 91.0 cm³/mol. The highest BCUT2D eigenvalue weighted by Crippen LogP contribution is 2.17. The number of carbonyl (C=O) groups excluding carboxylic acids is 1. The molecule has 5 heteroatoms. The number of hydrogen-bond donors (Lipinski definition) is 2. The molecule has 0 saturated carbocycles. The van der Waals surface area contributed by atoms with E-state index in [1.165, 1.54) is 11.6 Å². The Morgan fingerprint density at radius 2 is 1.67 bits per heavy atom. The summed E-state index contributed by atoms with van der Waals surface area (Å²) in [6.07, 6.45) is 0. The molecular formula is C19H23F2N2O+. The molecule has 0 aliphatic carbocycles. The lowest BCUT2D eigenvalue weighted by atomic mass is 10.0. The summed E-state index contributed by atoms with van der Waals surface area (Å²) in [6.45, 7) is 5.06. The second-order valence-corrected chi connectivity index (χ2v) is 6.35. The topological polar surface area (TPSA) is 33.5 Å². The SMILES string of the molecule is CC(C)c1ccc(C[NH+](C)CC(=O)Nc2c(F)cccc2F)cc1. The van der Waals surface area contributed by atoms with Gasteiger partial charge < -0.3 is 10.2 Å². The monoisotopic (exact) mass is 333 g/mol. The van der Waals surface area contributed by atoms with Crippen molar-refractivity contribution in [3.8, 4) is 0 Å². The molecule has 2 aromatic carbocycles. The van der Waals surface area contributed by atoms with E-state index in [1.54, 1.807) is 0 Å². The zero-order chi connectivity index (χ0) is 17.7. The number of halogens is 2. The third-order valence-electron chi connectivity index (χ3n) is 3.84. The van der Waals surface area contributed by atoms with Gasteiger partial charge in [-0.2, -0.15) is 0 Å². The Kier molecular flexibility index (Phi) is 6.04. The summed E-state index contributed by atoms with van der Waals surface area (Å²) in [5.74, 6) is -1.49. The Bertz CT molecular complexity index is 679. The van der Waals surface area contributed by atoms with Gasteiger partial charge in [0.25, 0.3) is 5.91 Å². The summed E-state index contributed by atoms with van der Waals surface area (Å²) in [5, 5.41) is 2.31. The lowest BCUT2D eigenvalue weighted by Crippen LogP contribution is -3.08. The highest BCUT2D eigenvalue weighted by Gasteiger charge is 2.15. The van der Waals surface area contributed by atoms with Crippen LogP contribution in [0.5, 0.6) is 0 Å². The summed E-state index contributed by atoms with van der Waals surface area (Å²) in [7, 11) is 1.87. The van der Waals surface area contributed by atoms with Crippen LogP contribution in [-0.2, 0) is 11.3 Å². The standard InChI is InChI=1S/C19H22F2N2O/c1-13(2)15-9-7-14(8-10-15)11-23(3)12-18(24)22-19-16(20)5-4-6-17(19)21/h4-10,13H,11-12H2,1-3H3,(H,22,24)/p+1. The maximum Gasteiger partial charge on any atom is 0.279 e. The average Bonchev–Trinajstić information content (AvgIpc) is 2.51. The molecule has 128 valence electrons. The maximum absolute atomic E-state index is 13.5. The van der Waals surface area contributed by atoms with Crippen molar-refractivity contribution in [3.63, 3.8) is 0 Å². The van der Waals surface area contributed by atoms with E-state index in [-0.39, 0.29) is 6.54 Å². The molecule has 0 aromatic heterocycles. The Balaban J connectivity index is 1.92. The van der Waals surface area contributed by atoms with Crippen molar-refractivity contribution >= 4 is 11.6 Å². The van der Waals surface area contributed by atoms with Crippen LogP contribution >= 0.6 is 0 Å². The second kappa shape index (κ2) is 8.02. The van der Waals surface area contributed by atoms with Crippen molar-refractivity contribution in [2.75, 3.05) is 18.9 Å². The Labute approximate surface area is 141 Å². The van der Waals surface area contributed by atoms with E-state index in [1.807, 2.05) is 19.2 Å². The van der Waals surface area contributed by atoms with E-state index >= 15 is 0 Å². The van der Waals surface area contributed by atoms with Crippen LogP contribution in [0.2, 0.25) is 0 Å². The number of hydrogen-bond acceptors (Lipinski definition) is 1. The number of amides is 1. The maximum atomic E-state index is 13.5. The van der Waals surface area contributed by atoms with Crippen LogP contribution in [0.3, 0.4) is 0 Å². The van der Waals surface area contributed by atoms with E-state index in [2.05, 4.69) is 31.3 Å². The smallest absolute Gasteiger partial charge is 0.279 e. The van der Waals surface area contributed by atoms with Gasteiger partial charge in [-0.1, -0.05) is 44.2 Å². The third kappa shape index (κ3) is 4.86. The van der Waals surface area contributed by atoms with Crippen molar-refractivity contribution in [3.05, 3.63) is 65.2 Å². The molecule has 0 aliphatic heterocycles. The van der Waals surface area contributed by atoms with Gasteiger partial charge in [-0.15, -0.1) is 0 Å². The fourth-order valence-electron chi connectivity index (χ4n) is 2.51. The van der Waals surface area contributed by atoms with Crippen LogP contribution in [-0.4, -0.2) is 19.5 Å². The fraction of sp³-hybridized carbons (Fsp3) is 0.316.